The molecule has 3 nitrogen and oxygen atoms in total. The van der Waals surface area contributed by atoms with E-state index in [4.69, 9.17) is 17.3 Å². The van der Waals surface area contributed by atoms with Crippen molar-refractivity contribution in [1.82, 2.24) is 5.32 Å². The van der Waals surface area contributed by atoms with Gasteiger partial charge in [-0.3, -0.25) is 4.79 Å². The van der Waals surface area contributed by atoms with Crippen LogP contribution in [0.1, 0.15) is 12.0 Å². The number of thioether (sulfide) groups is 1. The zero-order valence-corrected chi connectivity index (χ0v) is 11.0. The maximum absolute atomic E-state index is 10.3. The molecule has 0 aromatic heterocycles. The SMILES string of the molecule is O=C(O)CCSC(=S)NCCc1ccccc1. The molecule has 0 aliphatic carbocycles. The van der Waals surface area contributed by atoms with Crippen LogP contribution in [-0.4, -0.2) is 27.7 Å². The van der Waals surface area contributed by atoms with Crippen LogP contribution < -0.4 is 5.32 Å². The minimum Gasteiger partial charge on any atom is -0.481 e. The van der Waals surface area contributed by atoms with E-state index in [0.717, 1.165) is 13.0 Å². The first kappa shape index (κ1) is 14.0. The van der Waals surface area contributed by atoms with Gasteiger partial charge in [0.15, 0.2) is 0 Å². The summed E-state index contributed by atoms with van der Waals surface area (Å²) >= 11 is 6.46. The van der Waals surface area contributed by atoms with Crippen LogP contribution in [0, 0.1) is 0 Å². The van der Waals surface area contributed by atoms with E-state index < -0.39 is 5.97 Å². The molecule has 0 bridgehead atoms. The second kappa shape index (κ2) is 8.08. The summed E-state index contributed by atoms with van der Waals surface area (Å²) in [4.78, 5) is 10.3. The zero-order valence-electron chi connectivity index (χ0n) is 9.39. The topological polar surface area (TPSA) is 49.3 Å². The quantitative estimate of drug-likeness (QED) is 0.776. The largest absolute Gasteiger partial charge is 0.481 e. The Labute approximate surface area is 111 Å². The second-order valence-corrected chi connectivity index (χ2v) is 5.21. The first-order valence-corrected chi connectivity index (χ1v) is 6.74. The van der Waals surface area contributed by atoms with Gasteiger partial charge in [0.1, 0.15) is 4.32 Å². The standard InChI is InChI=1S/C12H15NO2S2/c14-11(15)7-9-17-12(16)13-8-6-10-4-2-1-3-5-10/h1-5H,6-9H2,(H,13,16)(H,14,15). The predicted molar refractivity (Wildman–Crippen MR) is 75.5 cm³/mol. The Kier molecular flexibility index (Phi) is 6.65. The molecule has 5 heteroatoms. The molecule has 2 N–H and O–H groups in total. The van der Waals surface area contributed by atoms with Crippen molar-refractivity contribution in [3.63, 3.8) is 0 Å². The number of carbonyl (C=O) groups is 1. The first-order chi connectivity index (χ1) is 8.18. The third-order valence-corrected chi connectivity index (χ3v) is 3.39. The molecule has 92 valence electrons. The number of carboxylic acids is 1. The lowest BCUT2D eigenvalue weighted by molar-refractivity contribution is -0.136. The van der Waals surface area contributed by atoms with Gasteiger partial charge in [0.2, 0.25) is 0 Å². The minimum atomic E-state index is -0.787. The number of hydrogen-bond donors (Lipinski definition) is 2. The van der Waals surface area contributed by atoms with Crippen LogP contribution in [0.5, 0.6) is 0 Å². The van der Waals surface area contributed by atoms with Gasteiger partial charge < -0.3 is 10.4 Å². The molecule has 1 aromatic rings. The zero-order chi connectivity index (χ0) is 12.5. The van der Waals surface area contributed by atoms with E-state index in [-0.39, 0.29) is 6.42 Å². The molecule has 0 heterocycles. The predicted octanol–water partition coefficient (Wildman–Crippen LogP) is 2.31. The molecular weight excluding hydrogens is 254 g/mol. The molecule has 0 radical (unpaired) electrons. The Balaban J connectivity index is 2.10. The number of benzene rings is 1. The Bertz CT molecular complexity index is 368. The third-order valence-electron chi connectivity index (χ3n) is 2.07. The molecule has 0 atom stereocenters. The monoisotopic (exact) mass is 269 g/mol. The van der Waals surface area contributed by atoms with Gasteiger partial charge in [0.25, 0.3) is 0 Å². The summed E-state index contributed by atoms with van der Waals surface area (Å²) in [6.45, 7) is 0.781. The number of thiocarbonyl (C=S) groups is 1. The van der Waals surface area contributed by atoms with Crippen molar-refractivity contribution in [2.24, 2.45) is 0 Å². The lowest BCUT2D eigenvalue weighted by Gasteiger charge is -2.06. The third kappa shape index (κ3) is 6.97. The number of rotatable bonds is 6. The van der Waals surface area contributed by atoms with E-state index in [1.807, 2.05) is 18.2 Å². The summed E-state index contributed by atoms with van der Waals surface area (Å²) < 4.78 is 0.669. The average molecular weight is 269 g/mol. The molecule has 1 rings (SSSR count). The van der Waals surface area contributed by atoms with E-state index in [1.54, 1.807) is 0 Å². The van der Waals surface area contributed by atoms with E-state index in [0.29, 0.717) is 10.1 Å². The molecule has 0 aliphatic heterocycles. The molecule has 17 heavy (non-hydrogen) atoms. The van der Waals surface area contributed by atoms with E-state index >= 15 is 0 Å². The Morgan fingerprint density at radius 3 is 2.71 bits per heavy atom. The Hall–Kier alpha value is -1.07. The van der Waals surface area contributed by atoms with Gasteiger partial charge in [-0.05, 0) is 12.0 Å². The van der Waals surface area contributed by atoms with Crippen LogP contribution in [0.2, 0.25) is 0 Å². The first-order valence-electron chi connectivity index (χ1n) is 5.35. The highest BCUT2D eigenvalue weighted by molar-refractivity contribution is 8.22. The second-order valence-electron chi connectivity index (χ2n) is 3.44. The van der Waals surface area contributed by atoms with Crippen LogP contribution >= 0.6 is 24.0 Å². The molecule has 0 spiro atoms. The number of hydrogen-bond acceptors (Lipinski definition) is 3. The van der Waals surface area contributed by atoms with Crippen LogP contribution in [-0.2, 0) is 11.2 Å². The number of nitrogens with one attached hydrogen (secondary N) is 1. The smallest absolute Gasteiger partial charge is 0.304 e. The normalized spacial score (nSPS) is 9.88. The average Bonchev–Trinajstić information content (AvgIpc) is 2.30. The van der Waals surface area contributed by atoms with E-state index in [9.17, 15) is 4.79 Å². The molecule has 0 amide bonds. The highest BCUT2D eigenvalue weighted by Gasteiger charge is 2.00. The van der Waals surface area contributed by atoms with Crippen LogP contribution in [0.3, 0.4) is 0 Å². The van der Waals surface area contributed by atoms with Crippen LogP contribution in [0.15, 0.2) is 30.3 Å². The van der Waals surface area contributed by atoms with Gasteiger partial charge in [-0.1, -0.05) is 54.3 Å². The molecule has 0 saturated heterocycles. The fourth-order valence-electron chi connectivity index (χ4n) is 1.24. The van der Waals surface area contributed by atoms with Crippen molar-refractivity contribution in [2.75, 3.05) is 12.3 Å². The van der Waals surface area contributed by atoms with Crippen molar-refractivity contribution in [3.8, 4) is 0 Å². The maximum atomic E-state index is 10.3. The molecule has 0 fully saturated rings. The highest BCUT2D eigenvalue weighted by atomic mass is 32.2. The molecule has 0 saturated carbocycles. The Morgan fingerprint density at radius 1 is 1.35 bits per heavy atom. The molecule has 1 aromatic carbocycles. The summed E-state index contributed by atoms with van der Waals surface area (Å²) in [7, 11) is 0. The highest BCUT2D eigenvalue weighted by Crippen LogP contribution is 2.04. The van der Waals surface area contributed by atoms with Gasteiger partial charge in [0, 0.05) is 12.3 Å². The van der Waals surface area contributed by atoms with Gasteiger partial charge in [-0.2, -0.15) is 0 Å². The van der Waals surface area contributed by atoms with Crippen molar-refractivity contribution in [1.29, 1.82) is 0 Å². The number of carboxylic acid groups (broad SMARTS) is 1. The Morgan fingerprint density at radius 2 is 2.06 bits per heavy atom. The summed E-state index contributed by atoms with van der Waals surface area (Å²) in [6.07, 6.45) is 1.06. The lowest BCUT2D eigenvalue weighted by Crippen LogP contribution is -2.21. The van der Waals surface area contributed by atoms with Crippen molar-refractivity contribution in [2.45, 2.75) is 12.8 Å². The van der Waals surface area contributed by atoms with E-state index in [1.165, 1.54) is 17.3 Å². The summed E-state index contributed by atoms with van der Waals surface area (Å²) in [5.74, 6) is -0.267. The van der Waals surface area contributed by atoms with Crippen molar-refractivity contribution >= 4 is 34.3 Å². The van der Waals surface area contributed by atoms with Gasteiger partial charge in [0.05, 0.1) is 6.42 Å². The fourth-order valence-corrected chi connectivity index (χ4v) is 2.25. The lowest BCUT2D eigenvalue weighted by atomic mass is 10.2. The minimum absolute atomic E-state index is 0.144. The van der Waals surface area contributed by atoms with Gasteiger partial charge in [-0.15, -0.1) is 0 Å². The summed E-state index contributed by atoms with van der Waals surface area (Å²) in [5.41, 5.74) is 1.26. The molecular formula is C12H15NO2S2. The van der Waals surface area contributed by atoms with Gasteiger partial charge >= 0.3 is 5.97 Å². The maximum Gasteiger partial charge on any atom is 0.304 e. The summed E-state index contributed by atoms with van der Waals surface area (Å²) in [6, 6.07) is 10.2. The van der Waals surface area contributed by atoms with E-state index in [2.05, 4.69) is 17.4 Å². The van der Waals surface area contributed by atoms with Crippen LogP contribution in [0.25, 0.3) is 0 Å². The fraction of sp³-hybridized carbons (Fsp3) is 0.333. The molecule has 0 unspecified atom stereocenters. The summed E-state index contributed by atoms with van der Waals surface area (Å²) in [5, 5.41) is 11.6. The molecule has 0 aliphatic rings. The van der Waals surface area contributed by atoms with Crippen molar-refractivity contribution in [3.05, 3.63) is 35.9 Å². The van der Waals surface area contributed by atoms with Gasteiger partial charge in [-0.25, -0.2) is 0 Å². The number of aliphatic carboxylic acids is 1. The van der Waals surface area contributed by atoms with Crippen molar-refractivity contribution < 1.29 is 9.90 Å². The van der Waals surface area contributed by atoms with Crippen LogP contribution in [0.4, 0.5) is 0 Å².